The standard InChI is InChI=1S/C19H17N7O2S/c27-16(9-10-17-21-18(23-28-17)15-2-1-11-29-15)20-13-5-3-12(4-6-13)19-22-24-25-26(19)14-7-8-14/h1-6,11,14H,7-10H2,(H,20,27). The molecular weight excluding hydrogens is 390 g/mol. The van der Waals surface area contributed by atoms with Crippen molar-refractivity contribution in [3.05, 3.63) is 47.7 Å². The lowest BCUT2D eigenvalue weighted by Gasteiger charge is -2.06. The first-order chi connectivity index (χ1) is 14.3. The molecule has 1 N–H and O–H groups in total. The highest BCUT2D eigenvalue weighted by Crippen LogP contribution is 2.36. The van der Waals surface area contributed by atoms with Crippen molar-refractivity contribution in [3.63, 3.8) is 0 Å². The molecule has 4 aromatic rings. The summed E-state index contributed by atoms with van der Waals surface area (Å²) in [5.41, 5.74) is 1.64. The highest BCUT2D eigenvalue weighted by atomic mass is 32.1. The van der Waals surface area contributed by atoms with E-state index in [4.69, 9.17) is 4.52 Å². The summed E-state index contributed by atoms with van der Waals surface area (Å²) in [6.45, 7) is 0. The van der Waals surface area contributed by atoms with Gasteiger partial charge >= 0.3 is 0 Å². The molecule has 0 saturated heterocycles. The second kappa shape index (κ2) is 7.55. The molecule has 0 atom stereocenters. The molecule has 1 saturated carbocycles. The van der Waals surface area contributed by atoms with Gasteiger partial charge < -0.3 is 9.84 Å². The zero-order chi connectivity index (χ0) is 19.6. The minimum atomic E-state index is -0.114. The first-order valence-corrected chi connectivity index (χ1v) is 10.2. The van der Waals surface area contributed by atoms with Gasteiger partial charge in [0, 0.05) is 24.1 Å². The number of aryl methyl sites for hydroxylation is 1. The van der Waals surface area contributed by atoms with E-state index in [0.29, 0.717) is 29.9 Å². The third-order valence-electron chi connectivity index (χ3n) is 4.59. The normalized spacial score (nSPS) is 13.5. The largest absolute Gasteiger partial charge is 0.339 e. The van der Waals surface area contributed by atoms with Crippen molar-refractivity contribution in [1.82, 2.24) is 30.3 Å². The third-order valence-corrected chi connectivity index (χ3v) is 5.45. The Labute approximate surface area is 169 Å². The molecule has 0 bridgehead atoms. The molecule has 1 aliphatic rings. The van der Waals surface area contributed by atoms with Gasteiger partial charge in [-0.05, 0) is 59.0 Å². The van der Waals surface area contributed by atoms with E-state index in [1.807, 2.05) is 46.5 Å². The fraction of sp³-hybridized carbons (Fsp3) is 0.263. The van der Waals surface area contributed by atoms with E-state index >= 15 is 0 Å². The van der Waals surface area contributed by atoms with Crippen molar-refractivity contribution in [3.8, 4) is 22.1 Å². The number of carbonyl (C=O) groups excluding carboxylic acids is 1. The van der Waals surface area contributed by atoms with Gasteiger partial charge in [0.1, 0.15) is 0 Å². The number of nitrogens with zero attached hydrogens (tertiary/aromatic N) is 6. The number of anilines is 1. The van der Waals surface area contributed by atoms with Gasteiger partial charge in [-0.25, -0.2) is 4.68 Å². The van der Waals surface area contributed by atoms with Gasteiger partial charge in [0.25, 0.3) is 0 Å². The molecule has 1 aromatic carbocycles. The number of aromatic nitrogens is 6. The van der Waals surface area contributed by atoms with Crippen molar-refractivity contribution >= 4 is 22.9 Å². The molecule has 1 amide bonds. The van der Waals surface area contributed by atoms with Crippen LogP contribution in [0.4, 0.5) is 5.69 Å². The average molecular weight is 407 g/mol. The molecule has 0 spiro atoms. The van der Waals surface area contributed by atoms with Gasteiger partial charge in [-0.2, -0.15) is 4.98 Å². The van der Waals surface area contributed by atoms with E-state index in [-0.39, 0.29) is 12.3 Å². The molecule has 0 unspecified atom stereocenters. The van der Waals surface area contributed by atoms with Crippen molar-refractivity contribution in [2.24, 2.45) is 0 Å². The molecule has 9 nitrogen and oxygen atoms in total. The van der Waals surface area contributed by atoms with Crippen LogP contribution in [0, 0.1) is 0 Å². The smallest absolute Gasteiger partial charge is 0.227 e. The predicted octanol–water partition coefficient (Wildman–Crippen LogP) is 3.36. The van der Waals surface area contributed by atoms with E-state index < -0.39 is 0 Å². The van der Waals surface area contributed by atoms with Crippen molar-refractivity contribution < 1.29 is 9.32 Å². The lowest BCUT2D eigenvalue weighted by Crippen LogP contribution is -2.12. The highest BCUT2D eigenvalue weighted by Gasteiger charge is 2.28. The molecule has 1 fully saturated rings. The average Bonchev–Trinajstić information content (AvgIpc) is 3.17. The zero-order valence-electron chi connectivity index (χ0n) is 15.4. The summed E-state index contributed by atoms with van der Waals surface area (Å²) in [7, 11) is 0. The summed E-state index contributed by atoms with van der Waals surface area (Å²) in [5, 5.41) is 20.7. The summed E-state index contributed by atoms with van der Waals surface area (Å²) in [5.74, 6) is 1.64. The Bertz CT molecular complexity index is 1110. The Morgan fingerprint density at radius 3 is 2.86 bits per heavy atom. The number of hydrogen-bond acceptors (Lipinski definition) is 8. The van der Waals surface area contributed by atoms with E-state index in [9.17, 15) is 4.79 Å². The molecule has 3 aromatic heterocycles. The monoisotopic (exact) mass is 407 g/mol. The molecule has 29 heavy (non-hydrogen) atoms. The molecule has 0 aliphatic heterocycles. The minimum absolute atomic E-state index is 0.114. The van der Waals surface area contributed by atoms with E-state index in [1.165, 1.54) is 0 Å². The number of benzene rings is 1. The van der Waals surface area contributed by atoms with Gasteiger partial charge in [-0.15, -0.1) is 16.4 Å². The summed E-state index contributed by atoms with van der Waals surface area (Å²) >= 11 is 1.54. The van der Waals surface area contributed by atoms with Crippen LogP contribution in [-0.4, -0.2) is 36.3 Å². The van der Waals surface area contributed by atoms with Crippen LogP contribution in [-0.2, 0) is 11.2 Å². The minimum Gasteiger partial charge on any atom is -0.339 e. The Morgan fingerprint density at radius 2 is 2.10 bits per heavy atom. The zero-order valence-corrected chi connectivity index (χ0v) is 16.2. The Balaban J connectivity index is 1.17. The van der Waals surface area contributed by atoms with Crippen LogP contribution in [0.5, 0.6) is 0 Å². The fourth-order valence-corrected chi connectivity index (χ4v) is 3.61. The van der Waals surface area contributed by atoms with Crippen LogP contribution < -0.4 is 5.32 Å². The van der Waals surface area contributed by atoms with Gasteiger partial charge in [0.05, 0.1) is 10.9 Å². The topological polar surface area (TPSA) is 112 Å². The summed E-state index contributed by atoms with van der Waals surface area (Å²) in [6.07, 6.45) is 2.87. The lowest BCUT2D eigenvalue weighted by atomic mass is 10.2. The van der Waals surface area contributed by atoms with Gasteiger partial charge in [0.15, 0.2) is 5.82 Å². The third kappa shape index (κ3) is 3.92. The quantitative estimate of drug-likeness (QED) is 0.500. The van der Waals surface area contributed by atoms with Crippen LogP contribution in [0.25, 0.3) is 22.1 Å². The Morgan fingerprint density at radius 1 is 1.24 bits per heavy atom. The highest BCUT2D eigenvalue weighted by molar-refractivity contribution is 7.13. The maximum Gasteiger partial charge on any atom is 0.227 e. The fourth-order valence-electron chi connectivity index (χ4n) is 2.96. The van der Waals surface area contributed by atoms with Crippen molar-refractivity contribution in [2.45, 2.75) is 31.7 Å². The maximum absolute atomic E-state index is 12.3. The van der Waals surface area contributed by atoms with E-state index in [1.54, 1.807) is 11.3 Å². The van der Waals surface area contributed by atoms with E-state index in [2.05, 4.69) is 31.0 Å². The van der Waals surface area contributed by atoms with Gasteiger partial charge in [0.2, 0.25) is 17.6 Å². The first kappa shape index (κ1) is 17.7. The molecule has 1 aliphatic carbocycles. The maximum atomic E-state index is 12.3. The van der Waals surface area contributed by atoms with Crippen LogP contribution >= 0.6 is 11.3 Å². The number of amides is 1. The van der Waals surface area contributed by atoms with Crippen LogP contribution in [0.1, 0.15) is 31.2 Å². The molecule has 146 valence electrons. The van der Waals surface area contributed by atoms with Crippen LogP contribution in [0.2, 0.25) is 0 Å². The number of hydrogen-bond donors (Lipinski definition) is 1. The van der Waals surface area contributed by atoms with Crippen molar-refractivity contribution in [2.75, 3.05) is 5.32 Å². The van der Waals surface area contributed by atoms with Crippen LogP contribution in [0.3, 0.4) is 0 Å². The number of tetrazole rings is 1. The molecule has 0 radical (unpaired) electrons. The first-order valence-electron chi connectivity index (χ1n) is 9.31. The Kier molecular flexibility index (Phi) is 4.60. The van der Waals surface area contributed by atoms with Crippen LogP contribution in [0.15, 0.2) is 46.3 Å². The molecule has 5 rings (SSSR count). The summed E-state index contributed by atoms with van der Waals surface area (Å²) < 4.78 is 7.09. The number of carbonyl (C=O) groups is 1. The summed E-state index contributed by atoms with van der Waals surface area (Å²) in [6, 6.07) is 11.8. The molecule has 3 heterocycles. The van der Waals surface area contributed by atoms with Gasteiger partial charge in [-0.3, -0.25) is 4.79 Å². The molecular formula is C19H17N7O2S. The SMILES string of the molecule is O=C(CCc1nc(-c2cccs2)no1)Nc1ccc(-c2nnnn2C2CC2)cc1. The number of rotatable bonds is 7. The van der Waals surface area contributed by atoms with Crippen molar-refractivity contribution in [1.29, 1.82) is 0 Å². The predicted molar refractivity (Wildman–Crippen MR) is 106 cm³/mol. The lowest BCUT2D eigenvalue weighted by molar-refractivity contribution is -0.116. The Hall–Kier alpha value is -3.40. The number of thiophene rings is 1. The molecule has 10 heteroatoms. The second-order valence-corrected chi connectivity index (χ2v) is 7.74. The second-order valence-electron chi connectivity index (χ2n) is 6.79. The van der Waals surface area contributed by atoms with E-state index in [0.717, 1.165) is 29.1 Å². The van der Waals surface area contributed by atoms with Gasteiger partial charge in [-0.1, -0.05) is 11.2 Å². The summed E-state index contributed by atoms with van der Waals surface area (Å²) in [4.78, 5) is 17.5. The number of nitrogens with one attached hydrogen (secondary N) is 1.